The number of pyridine rings is 1. The topological polar surface area (TPSA) is 12.9 Å². The Morgan fingerprint density at radius 1 is 0.947 bits per heavy atom. The maximum absolute atomic E-state index is 4.40. The quantitative estimate of drug-likeness (QED) is 0.459. The van der Waals surface area contributed by atoms with Gasteiger partial charge in [0, 0.05) is 11.9 Å². The SMILES string of the molecule is CCCCCCCCCCC(C)Cc1ccccn1. The molecule has 0 spiro atoms. The molecule has 1 atom stereocenters. The third-order valence-electron chi connectivity index (χ3n) is 3.83. The molecule has 0 radical (unpaired) electrons. The van der Waals surface area contributed by atoms with E-state index >= 15 is 0 Å². The summed E-state index contributed by atoms with van der Waals surface area (Å²) in [5.41, 5.74) is 1.24. The Labute approximate surface area is 119 Å². The molecular formula is C18H31N. The Morgan fingerprint density at radius 3 is 2.26 bits per heavy atom. The molecule has 1 aromatic rings. The fraction of sp³-hybridized carbons (Fsp3) is 0.722. The Bertz CT molecular complexity index is 294. The maximum atomic E-state index is 4.40. The molecule has 0 aliphatic heterocycles. The molecule has 19 heavy (non-hydrogen) atoms. The van der Waals surface area contributed by atoms with E-state index in [1.807, 2.05) is 12.3 Å². The average Bonchev–Trinajstić information content (AvgIpc) is 2.43. The Balaban J connectivity index is 1.94. The van der Waals surface area contributed by atoms with Gasteiger partial charge in [0.1, 0.15) is 0 Å². The summed E-state index contributed by atoms with van der Waals surface area (Å²) in [6.07, 6.45) is 15.7. The molecule has 0 saturated carbocycles. The van der Waals surface area contributed by atoms with Crippen molar-refractivity contribution in [2.24, 2.45) is 5.92 Å². The van der Waals surface area contributed by atoms with E-state index in [9.17, 15) is 0 Å². The first-order valence-electron chi connectivity index (χ1n) is 8.22. The van der Waals surface area contributed by atoms with E-state index in [2.05, 4.69) is 31.0 Å². The van der Waals surface area contributed by atoms with Crippen molar-refractivity contribution >= 4 is 0 Å². The van der Waals surface area contributed by atoms with Crippen molar-refractivity contribution in [3.05, 3.63) is 30.1 Å². The van der Waals surface area contributed by atoms with Crippen LogP contribution in [0.25, 0.3) is 0 Å². The third kappa shape index (κ3) is 8.80. The summed E-state index contributed by atoms with van der Waals surface area (Å²) in [7, 11) is 0. The van der Waals surface area contributed by atoms with E-state index in [1.165, 1.54) is 63.5 Å². The highest BCUT2D eigenvalue weighted by atomic mass is 14.7. The van der Waals surface area contributed by atoms with Crippen LogP contribution in [-0.2, 0) is 6.42 Å². The first-order valence-corrected chi connectivity index (χ1v) is 8.22. The van der Waals surface area contributed by atoms with Gasteiger partial charge in [-0.15, -0.1) is 0 Å². The van der Waals surface area contributed by atoms with Gasteiger partial charge in [-0.25, -0.2) is 0 Å². The second-order valence-corrected chi connectivity index (χ2v) is 5.89. The fourth-order valence-corrected chi connectivity index (χ4v) is 2.60. The molecule has 1 nitrogen and oxygen atoms in total. The lowest BCUT2D eigenvalue weighted by molar-refractivity contribution is 0.475. The van der Waals surface area contributed by atoms with Gasteiger partial charge < -0.3 is 0 Å². The minimum atomic E-state index is 0.773. The summed E-state index contributed by atoms with van der Waals surface area (Å²) in [4.78, 5) is 4.40. The maximum Gasteiger partial charge on any atom is 0.0406 e. The molecule has 0 aromatic carbocycles. The number of hydrogen-bond acceptors (Lipinski definition) is 1. The predicted molar refractivity (Wildman–Crippen MR) is 84.3 cm³/mol. The van der Waals surface area contributed by atoms with Gasteiger partial charge in [0.05, 0.1) is 0 Å². The molecule has 0 amide bonds. The molecule has 0 bridgehead atoms. The van der Waals surface area contributed by atoms with E-state index in [-0.39, 0.29) is 0 Å². The van der Waals surface area contributed by atoms with E-state index in [1.54, 1.807) is 0 Å². The lowest BCUT2D eigenvalue weighted by Gasteiger charge is -2.10. The molecule has 0 saturated heterocycles. The lowest BCUT2D eigenvalue weighted by atomic mass is 9.97. The number of unbranched alkanes of at least 4 members (excludes halogenated alkanes) is 7. The van der Waals surface area contributed by atoms with Gasteiger partial charge in [0.25, 0.3) is 0 Å². The van der Waals surface area contributed by atoms with Gasteiger partial charge >= 0.3 is 0 Å². The van der Waals surface area contributed by atoms with Gasteiger partial charge in [-0.3, -0.25) is 4.98 Å². The minimum Gasteiger partial charge on any atom is -0.261 e. The van der Waals surface area contributed by atoms with Crippen LogP contribution in [0.3, 0.4) is 0 Å². The molecule has 1 aromatic heterocycles. The van der Waals surface area contributed by atoms with Crippen LogP contribution in [0.1, 0.15) is 77.3 Å². The van der Waals surface area contributed by atoms with E-state index in [0.29, 0.717) is 0 Å². The fourth-order valence-electron chi connectivity index (χ4n) is 2.60. The highest BCUT2D eigenvalue weighted by Crippen LogP contribution is 2.15. The van der Waals surface area contributed by atoms with Gasteiger partial charge in [-0.05, 0) is 24.5 Å². The highest BCUT2D eigenvalue weighted by Gasteiger charge is 2.04. The Morgan fingerprint density at radius 2 is 1.63 bits per heavy atom. The van der Waals surface area contributed by atoms with Crippen molar-refractivity contribution in [3.63, 3.8) is 0 Å². The summed E-state index contributed by atoms with van der Waals surface area (Å²) in [5, 5.41) is 0. The van der Waals surface area contributed by atoms with Gasteiger partial charge in [0.15, 0.2) is 0 Å². The van der Waals surface area contributed by atoms with Gasteiger partial charge in [-0.1, -0.05) is 77.7 Å². The lowest BCUT2D eigenvalue weighted by Crippen LogP contribution is -2.01. The highest BCUT2D eigenvalue weighted by molar-refractivity contribution is 5.03. The molecule has 1 unspecified atom stereocenters. The van der Waals surface area contributed by atoms with Crippen LogP contribution in [0, 0.1) is 5.92 Å². The van der Waals surface area contributed by atoms with E-state index < -0.39 is 0 Å². The zero-order valence-electron chi connectivity index (χ0n) is 12.9. The van der Waals surface area contributed by atoms with Crippen molar-refractivity contribution < 1.29 is 0 Å². The van der Waals surface area contributed by atoms with Crippen LogP contribution in [-0.4, -0.2) is 4.98 Å². The predicted octanol–water partition coefficient (Wildman–Crippen LogP) is 5.79. The summed E-state index contributed by atoms with van der Waals surface area (Å²) in [5.74, 6) is 0.773. The molecule has 1 rings (SSSR count). The summed E-state index contributed by atoms with van der Waals surface area (Å²) < 4.78 is 0. The molecule has 0 N–H and O–H groups in total. The van der Waals surface area contributed by atoms with E-state index in [0.717, 1.165) is 12.3 Å². The molecular weight excluding hydrogens is 230 g/mol. The molecule has 1 heterocycles. The third-order valence-corrected chi connectivity index (χ3v) is 3.83. The Kier molecular flexibility index (Phi) is 9.40. The van der Waals surface area contributed by atoms with E-state index in [4.69, 9.17) is 0 Å². The molecule has 0 fully saturated rings. The first-order chi connectivity index (χ1) is 9.33. The van der Waals surface area contributed by atoms with Crippen LogP contribution in [0.4, 0.5) is 0 Å². The average molecular weight is 261 g/mol. The van der Waals surface area contributed by atoms with Crippen LogP contribution in [0.2, 0.25) is 0 Å². The second kappa shape index (κ2) is 11.0. The number of rotatable bonds is 11. The van der Waals surface area contributed by atoms with Gasteiger partial charge in [-0.2, -0.15) is 0 Å². The smallest absolute Gasteiger partial charge is 0.0406 e. The molecule has 1 heteroatoms. The van der Waals surface area contributed by atoms with Crippen molar-refractivity contribution in [1.82, 2.24) is 4.98 Å². The van der Waals surface area contributed by atoms with Crippen LogP contribution in [0.5, 0.6) is 0 Å². The van der Waals surface area contributed by atoms with Crippen molar-refractivity contribution in [1.29, 1.82) is 0 Å². The molecule has 108 valence electrons. The van der Waals surface area contributed by atoms with Crippen LogP contribution < -0.4 is 0 Å². The Hall–Kier alpha value is -0.850. The largest absolute Gasteiger partial charge is 0.261 e. The number of aromatic nitrogens is 1. The van der Waals surface area contributed by atoms with Crippen LogP contribution in [0.15, 0.2) is 24.4 Å². The zero-order chi connectivity index (χ0) is 13.8. The molecule has 0 aliphatic rings. The zero-order valence-corrected chi connectivity index (χ0v) is 12.9. The summed E-state index contributed by atoms with van der Waals surface area (Å²) >= 11 is 0. The normalized spacial score (nSPS) is 12.5. The minimum absolute atomic E-state index is 0.773. The summed E-state index contributed by atoms with van der Waals surface area (Å²) in [6, 6.07) is 6.22. The standard InChI is InChI=1S/C18H31N/c1-3-4-5-6-7-8-9-10-13-17(2)16-18-14-11-12-15-19-18/h11-12,14-15,17H,3-10,13,16H2,1-2H3. The van der Waals surface area contributed by atoms with Crippen LogP contribution >= 0.6 is 0 Å². The monoisotopic (exact) mass is 261 g/mol. The van der Waals surface area contributed by atoms with Gasteiger partial charge in [0.2, 0.25) is 0 Å². The number of hydrogen-bond donors (Lipinski definition) is 0. The summed E-state index contributed by atoms with van der Waals surface area (Å²) in [6.45, 7) is 4.64. The van der Waals surface area contributed by atoms with Crippen molar-refractivity contribution in [2.45, 2.75) is 78.1 Å². The second-order valence-electron chi connectivity index (χ2n) is 5.89. The van der Waals surface area contributed by atoms with Crippen molar-refractivity contribution in [2.75, 3.05) is 0 Å². The molecule has 0 aliphatic carbocycles. The number of nitrogens with zero attached hydrogens (tertiary/aromatic N) is 1. The van der Waals surface area contributed by atoms with Crippen molar-refractivity contribution in [3.8, 4) is 0 Å². The first kappa shape index (κ1) is 16.2.